The number of hydrogen-bond donors (Lipinski definition) is 2. The summed E-state index contributed by atoms with van der Waals surface area (Å²) in [5.74, 6) is 1.15. The minimum absolute atomic E-state index is 0.0911. The highest BCUT2D eigenvalue weighted by Crippen LogP contribution is 2.26. The molecule has 174 valence electrons. The number of thioether (sulfide) groups is 1. The minimum Gasteiger partial charge on any atom is -0.495 e. The lowest BCUT2D eigenvalue weighted by molar-refractivity contribution is -0.113. The number of methoxy groups -OCH3 is 1. The summed E-state index contributed by atoms with van der Waals surface area (Å²) < 4.78 is 7.09. The van der Waals surface area contributed by atoms with E-state index in [2.05, 4.69) is 20.8 Å². The van der Waals surface area contributed by atoms with E-state index in [1.807, 2.05) is 62.7 Å². The van der Waals surface area contributed by atoms with Gasteiger partial charge in [-0.3, -0.25) is 9.59 Å². The molecule has 1 aromatic heterocycles. The highest BCUT2D eigenvalue weighted by atomic mass is 32.2. The van der Waals surface area contributed by atoms with Gasteiger partial charge in [0, 0.05) is 12.6 Å². The van der Waals surface area contributed by atoms with E-state index in [1.165, 1.54) is 11.8 Å². The van der Waals surface area contributed by atoms with Gasteiger partial charge in [0.1, 0.15) is 5.75 Å². The van der Waals surface area contributed by atoms with Gasteiger partial charge in [0.2, 0.25) is 5.91 Å². The Morgan fingerprint density at radius 3 is 2.58 bits per heavy atom. The van der Waals surface area contributed by atoms with Crippen LogP contribution in [0.1, 0.15) is 41.6 Å². The van der Waals surface area contributed by atoms with E-state index in [-0.39, 0.29) is 29.5 Å². The molecule has 9 heteroatoms. The van der Waals surface area contributed by atoms with E-state index in [9.17, 15) is 9.59 Å². The van der Waals surface area contributed by atoms with Crippen LogP contribution in [-0.4, -0.2) is 39.4 Å². The fourth-order valence-electron chi connectivity index (χ4n) is 3.33. The summed E-state index contributed by atoms with van der Waals surface area (Å²) in [6, 6.07) is 14.4. The Hall–Kier alpha value is -3.33. The summed E-state index contributed by atoms with van der Waals surface area (Å²) >= 11 is 1.28. The number of nitrogens with zero attached hydrogens (tertiary/aromatic N) is 3. The predicted molar refractivity (Wildman–Crippen MR) is 130 cm³/mol. The van der Waals surface area contributed by atoms with Crippen molar-refractivity contribution in [3.8, 4) is 5.75 Å². The van der Waals surface area contributed by atoms with Crippen LogP contribution in [0.4, 0.5) is 5.69 Å². The Balaban J connectivity index is 1.67. The van der Waals surface area contributed by atoms with Crippen LogP contribution in [0.3, 0.4) is 0 Å². The molecular weight excluding hydrogens is 438 g/mol. The van der Waals surface area contributed by atoms with E-state index in [0.717, 1.165) is 5.56 Å². The molecule has 0 aliphatic rings. The van der Waals surface area contributed by atoms with Gasteiger partial charge in [0.15, 0.2) is 11.0 Å². The Bertz CT molecular complexity index is 1130. The Labute approximate surface area is 198 Å². The molecule has 0 saturated heterocycles. The molecule has 0 aliphatic carbocycles. The normalized spacial score (nSPS) is 11.8. The van der Waals surface area contributed by atoms with Crippen LogP contribution in [0.25, 0.3) is 0 Å². The molecule has 8 nitrogen and oxygen atoms in total. The van der Waals surface area contributed by atoms with Gasteiger partial charge in [-0.15, -0.1) is 10.2 Å². The molecule has 2 N–H and O–H groups in total. The smallest absolute Gasteiger partial charge is 0.251 e. The molecule has 33 heavy (non-hydrogen) atoms. The summed E-state index contributed by atoms with van der Waals surface area (Å²) in [7, 11) is 3.40. The monoisotopic (exact) mass is 467 g/mol. The Morgan fingerprint density at radius 1 is 1.12 bits per heavy atom. The first kappa shape index (κ1) is 24.3. The fraction of sp³-hybridized carbons (Fsp3) is 0.333. The number of hydrogen-bond acceptors (Lipinski definition) is 6. The Kier molecular flexibility index (Phi) is 8.11. The zero-order valence-corrected chi connectivity index (χ0v) is 20.3. The second-order valence-electron chi connectivity index (χ2n) is 8.00. The third-order valence-corrected chi connectivity index (χ3v) is 6.11. The van der Waals surface area contributed by atoms with Crippen molar-refractivity contribution in [2.24, 2.45) is 13.0 Å². The maximum atomic E-state index is 12.8. The van der Waals surface area contributed by atoms with Gasteiger partial charge in [0.25, 0.3) is 5.91 Å². The fourth-order valence-corrected chi connectivity index (χ4v) is 4.05. The van der Waals surface area contributed by atoms with Gasteiger partial charge in [-0.05, 0) is 37.1 Å². The van der Waals surface area contributed by atoms with Gasteiger partial charge in [0.05, 0.1) is 24.6 Å². The molecular formula is C24H29N5O3S. The molecule has 0 aliphatic heterocycles. The SMILES string of the molecule is COc1ccccc1NC(=O)CSc1nnc([C@@H](NC(=O)c2cccc(C)c2)C(C)C)n1C. The lowest BCUT2D eigenvalue weighted by Crippen LogP contribution is -2.33. The topological polar surface area (TPSA) is 98.1 Å². The van der Waals surface area contributed by atoms with Crippen molar-refractivity contribution in [1.29, 1.82) is 0 Å². The molecule has 2 amide bonds. The van der Waals surface area contributed by atoms with Crippen LogP contribution in [0.15, 0.2) is 53.7 Å². The van der Waals surface area contributed by atoms with Crippen molar-refractivity contribution >= 4 is 29.3 Å². The molecule has 0 unspecified atom stereocenters. The van der Waals surface area contributed by atoms with E-state index in [4.69, 9.17) is 4.74 Å². The number of benzene rings is 2. The van der Waals surface area contributed by atoms with Gasteiger partial charge in [-0.1, -0.05) is 55.4 Å². The molecule has 0 radical (unpaired) electrons. The average molecular weight is 468 g/mol. The van der Waals surface area contributed by atoms with Crippen molar-refractivity contribution in [2.45, 2.75) is 32.0 Å². The maximum absolute atomic E-state index is 12.8. The predicted octanol–water partition coefficient (Wildman–Crippen LogP) is 3.99. The average Bonchev–Trinajstić information content (AvgIpc) is 3.16. The van der Waals surface area contributed by atoms with E-state index in [0.29, 0.717) is 28.0 Å². The number of nitrogens with one attached hydrogen (secondary N) is 2. The van der Waals surface area contributed by atoms with Gasteiger partial charge < -0.3 is 19.9 Å². The van der Waals surface area contributed by atoms with Gasteiger partial charge in [-0.2, -0.15) is 0 Å². The minimum atomic E-state index is -0.327. The number of amides is 2. The largest absolute Gasteiger partial charge is 0.495 e. The number of aryl methyl sites for hydroxylation is 1. The van der Waals surface area contributed by atoms with Crippen molar-refractivity contribution < 1.29 is 14.3 Å². The summed E-state index contributed by atoms with van der Waals surface area (Å²) in [5, 5.41) is 15.1. The van der Waals surface area contributed by atoms with Crippen LogP contribution >= 0.6 is 11.8 Å². The first-order valence-corrected chi connectivity index (χ1v) is 11.6. The molecule has 0 spiro atoms. The number of carbonyl (C=O) groups excluding carboxylic acids is 2. The summed E-state index contributed by atoms with van der Waals surface area (Å²) in [6.45, 7) is 5.99. The van der Waals surface area contributed by atoms with E-state index < -0.39 is 0 Å². The zero-order chi connectivity index (χ0) is 24.0. The zero-order valence-electron chi connectivity index (χ0n) is 19.5. The van der Waals surface area contributed by atoms with Crippen molar-refractivity contribution in [3.05, 3.63) is 65.5 Å². The number of anilines is 1. The van der Waals surface area contributed by atoms with Crippen LogP contribution < -0.4 is 15.4 Å². The third kappa shape index (κ3) is 6.13. The lowest BCUT2D eigenvalue weighted by atomic mass is 10.0. The van der Waals surface area contributed by atoms with Gasteiger partial charge in [-0.25, -0.2) is 0 Å². The number of aromatic nitrogens is 3. The molecule has 1 atom stereocenters. The number of ether oxygens (including phenoxy) is 1. The highest BCUT2D eigenvalue weighted by Gasteiger charge is 2.25. The third-order valence-electron chi connectivity index (χ3n) is 5.09. The van der Waals surface area contributed by atoms with Crippen LogP contribution in [-0.2, 0) is 11.8 Å². The number of carbonyl (C=O) groups is 2. The van der Waals surface area contributed by atoms with Crippen molar-refractivity contribution in [1.82, 2.24) is 20.1 Å². The van der Waals surface area contributed by atoms with E-state index >= 15 is 0 Å². The second kappa shape index (κ2) is 11.0. The van der Waals surface area contributed by atoms with Crippen molar-refractivity contribution in [2.75, 3.05) is 18.2 Å². The molecule has 0 saturated carbocycles. The quantitative estimate of drug-likeness (QED) is 0.462. The number of para-hydroxylation sites is 2. The molecule has 0 fully saturated rings. The van der Waals surface area contributed by atoms with E-state index in [1.54, 1.807) is 25.3 Å². The van der Waals surface area contributed by atoms with Gasteiger partial charge >= 0.3 is 0 Å². The summed E-state index contributed by atoms with van der Waals surface area (Å²) in [5.41, 5.74) is 2.24. The van der Waals surface area contributed by atoms with Crippen LogP contribution in [0, 0.1) is 12.8 Å². The molecule has 3 aromatic rings. The second-order valence-corrected chi connectivity index (χ2v) is 8.94. The standard InChI is InChI=1S/C24H29N5O3S/c1-15(2)21(26-23(31)17-10-8-9-16(3)13-17)22-27-28-24(29(22)4)33-14-20(30)25-18-11-6-7-12-19(18)32-5/h6-13,15,21H,14H2,1-5H3,(H,25,30)(H,26,31)/t21-/m0/s1. The van der Waals surface area contributed by atoms with Crippen molar-refractivity contribution in [3.63, 3.8) is 0 Å². The lowest BCUT2D eigenvalue weighted by Gasteiger charge is -2.21. The maximum Gasteiger partial charge on any atom is 0.251 e. The highest BCUT2D eigenvalue weighted by molar-refractivity contribution is 7.99. The molecule has 2 aromatic carbocycles. The first-order chi connectivity index (χ1) is 15.8. The molecule has 3 rings (SSSR count). The number of rotatable bonds is 9. The molecule has 1 heterocycles. The Morgan fingerprint density at radius 2 is 1.88 bits per heavy atom. The molecule has 0 bridgehead atoms. The van der Waals surface area contributed by atoms with Crippen LogP contribution in [0.2, 0.25) is 0 Å². The summed E-state index contributed by atoms with van der Waals surface area (Å²) in [4.78, 5) is 25.2. The first-order valence-electron chi connectivity index (χ1n) is 10.6. The van der Waals surface area contributed by atoms with Crippen LogP contribution in [0.5, 0.6) is 5.75 Å². The summed E-state index contributed by atoms with van der Waals surface area (Å²) in [6.07, 6.45) is 0.